The number of piperidine rings is 1. The van der Waals surface area contributed by atoms with Crippen LogP contribution in [0.3, 0.4) is 0 Å². The summed E-state index contributed by atoms with van der Waals surface area (Å²) in [6, 6.07) is 5.33. The van der Waals surface area contributed by atoms with Crippen LogP contribution < -0.4 is 0 Å². The maximum atomic E-state index is 13.0. The van der Waals surface area contributed by atoms with Crippen molar-refractivity contribution in [3.63, 3.8) is 0 Å². The normalized spacial score (nSPS) is 20.1. The van der Waals surface area contributed by atoms with E-state index in [2.05, 4.69) is 15.3 Å². The molecular formula is C14H16N6O2S. The van der Waals surface area contributed by atoms with E-state index in [4.69, 9.17) is 0 Å². The highest BCUT2D eigenvalue weighted by molar-refractivity contribution is 7.89. The van der Waals surface area contributed by atoms with Crippen molar-refractivity contribution in [2.75, 3.05) is 13.1 Å². The predicted octanol–water partition coefficient (Wildman–Crippen LogP) is 0.952. The Kier molecular flexibility index (Phi) is 3.38. The first-order valence-corrected chi connectivity index (χ1v) is 8.88. The van der Waals surface area contributed by atoms with Crippen LogP contribution >= 0.6 is 0 Å². The van der Waals surface area contributed by atoms with Gasteiger partial charge in [-0.3, -0.25) is 4.68 Å². The number of rotatable bonds is 3. The second-order valence-electron chi connectivity index (χ2n) is 5.55. The van der Waals surface area contributed by atoms with Crippen molar-refractivity contribution < 1.29 is 8.42 Å². The summed E-state index contributed by atoms with van der Waals surface area (Å²) in [5.74, 6) is 0. The molecule has 0 N–H and O–H groups in total. The van der Waals surface area contributed by atoms with E-state index in [1.54, 1.807) is 24.5 Å². The Morgan fingerprint density at radius 2 is 2.00 bits per heavy atom. The molecule has 23 heavy (non-hydrogen) atoms. The van der Waals surface area contributed by atoms with Crippen LogP contribution in [-0.2, 0) is 10.0 Å². The van der Waals surface area contributed by atoms with Crippen molar-refractivity contribution in [3.8, 4) is 0 Å². The van der Waals surface area contributed by atoms with Crippen LogP contribution in [0, 0.1) is 0 Å². The molecule has 0 aromatic carbocycles. The zero-order chi connectivity index (χ0) is 15.9. The molecule has 1 aliphatic rings. The Hall–Kier alpha value is -2.26. The van der Waals surface area contributed by atoms with Gasteiger partial charge in [0, 0.05) is 31.7 Å². The van der Waals surface area contributed by atoms with Crippen molar-refractivity contribution in [2.24, 2.45) is 0 Å². The number of sulfonamides is 1. The van der Waals surface area contributed by atoms with Gasteiger partial charge in [0.1, 0.15) is 10.4 Å². The van der Waals surface area contributed by atoms with E-state index >= 15 is 0 Å². The lowest BCUT2D eigenvalue weighted by molar-refractivity contribution is 0.254. The van der Waals surface area contributed by atoms with Gasteiger partial charge in [0.15, 0.2) is 0 Å². The average Bonchev–Trinajstić information content (AvgIpc) is 3.25. The van der Waals surface area contributed by atoms with Crippen LogP contribution in [0.2, 0.25) is 0 Å². The fourth-order valence-electron chi connectivity index (χ4n) is 3.00. The summed E-state index contributed by atoms with van der Waals surface area (Å²) in [6.07, 6.45) is 8.26. The van der Waals surface area contributed by atoms with Gasteiger partial charge < -0.3 is 0 Å². The maximum Gasteiger partial charge on any atom is 0.246 e. The summed E-state index contributed by atoms with van der Waals surface area (Å²) >= 11 is 0. The molecule has 4 rings (SSSR count). The molecule has 0 spiro atoms. The standard InChI is InChI=1S/C14H16N6O2S/c21-23(22,14-10-17-20-13(14)5-1-6-16-20)18-8-2-4-12(11-18)19-9-3-7-15-19/h1,3,5-7,9-10,12H,2,4,8,11H2. The summed E-state index contributed by atoms with van der Waals surface area (Å²) in [5, 5.41) is 12.3. The van der Waals surface area contributed by atoms with Crippen LogP contribution in [0.15, 0.2) is 47.9 Å². The molecule has 1 unspecified atom stereocenters. The SMILES string of the molecule is O=S(=O)(c1cnn2ncccc12)N1CCCC(n2cccn2)C1. The molecule has 9 heteroatoms. The van der Waals surface area contributed by atoms with Crippen molar-refractivity contribution in [2.45, 2.75) is 23.8 Å². The highest BCUT2D eigenvalue weighted by Gasteiger charge is 2.33. The number of hydrogen-bond donors (Lipinski definition) is 0. The fourth-order valence-corrected chi connectivity index (χ4v) is 4.61. The van der Waals surface area contributed by atoms with Crippen molar-refractivity contribution in [1.29, 1.82) is 0 Å². The van der Waals surface area contributed by atoms with E-state index in [1.165, 1.54) is 15.1 Å². The summed E-state index contributed by atoms with van der Waals surface area (Å²) in [5.41, 5.74) is 0.494. The molecule has 0 radical (unpaired) electrons. The molecule has 0 saturated carbocycles. The Morgan fingerprint density at radius 3 is 2.83 bits per heavy atom. The molecule has 1 saturated heterocycles. The first-order valence-electron chi connectivity index (χ1n) is 7.44. The fraction of sp³-hybridized carbons (Fsp3) is 0.357. The van der Waals surface area contributed by atoms with E-state index in [0.717, 1.165) is 12.8 Å². The Balaban J connectivity index is 1.68. The largest absolute Gasteiger partial charge is 0.268 e. The first-order chi connectivity index (χ1) is 11.2. The van der Waals surface area contributed by atoms with Gasteiger partial charge >= 0.3 is 0 Å². The smallest absolute Gasteiger partial charge is 0.246 e. The van der Waals surface area contributed by atoms with Crippen LogP contribution in [-0.4, -0.2) is 50.4 Å². The topological polar surface area (TPSA) is 85.4 Å². The molecule has 1 atom stereocenters. The lowest BCUT2D eigenvalue weighted by Gasteiger charge is -2.31. The molecular weight excluding hydrogens is 316 g/mol. The minimum atomic E-state index is -3.60. The lowest BCUT2D eigenvalue weighted by Crippen LogP contribution is -2.40. The molecule has 4 heterocycles. The van der Waals surface area contributed by atoms with Gasteiger partial charge in [0.25, 0.3) is 0 Å². The number of fused-ring (bicyclic) bond motifs is 1. The van der Waals surface area contributed by atoms with Gasteiger partial charge in [-0.05, 0) is 31.0 Å². The van der Waals surface area contributed by atoms with Crippen LogP contribution in [0.25, 0.3) is 5.52 Å². The van der Waals surface area contributed by atoms with Gasteiger partial charge in [-0.1, -0.05) is 0 Å². The third-order valence-electron chi connectivity index (χ3n) is 4.14. The molecule has 3 aromatic rings. The zero-order valence-corrected chi connectivity index (χ0v) is 13.2. The van der Waals surface area contributed by atoms with E-state index in [9.17, 15) is 8.42 Å². The number of aromatic nitrogens is 5. The number of nitrogens with zero attached hydrogens (tertiary/aromatic N) is 6. The van der Waals surface area contributed by atoms with Gasteiger partial charge in [-0.2, -0.15) is 24.2 Å². The summed E-state index contributed by atoms with van der Waals surface area (Å²) in [7, 11) is -3.60. The Morgan fingerprint density at radius 1 is 1.13 bits per heavy atom. The molecule has 120 valence electrons. The minimum absolute atomic E-state index is 0.0634. The molecule has 0 bridgehead atoms. The third kappa shape index (κ3) is 2.41. The Labute approximate surface area is 133 Å². The first kappa shape index (κ1) is 14.3. The average molecular weight is 332 g/mol. The minimum Gasteiger partial charge on any atom is -0.268 e. The molecule has 0 aliphatic carbocycles. The van der Waals surface area contributed by atoms with E-state index in [-0.39, 0.29) is 10.9 Å². The lowest BCUT2D eigenvalue weighted by atomic mass is 10.1. The monoisotopic (exact) mass is 332 g/mol. The summed E-state index contributed by atoms with van der Waals surface area (Å²) < 4.78 is 30.7. The second kappa shape index (κ2) is 5.43. The van der Waals surface area contributed by atoms with Crippen molar-refractivity contribution in [3.05, 3.63) is 43.0 Å². The molecule has 8 nitrogen and oxygen atoms in total. The Bertz CT molecular complexity index is 918. The van der Waals surface area contributed by atoms with Crippen molar-refractivity contribution >= 4 is 15.5 Å². The summed E-state index contributed by atoms with van der Waals surface area (Å²) in [6.45, 7) is 0.930. The third-order valence-corrected chi connectivity index (χ3v) is 6.03. The van der Waals surface area contributed by atoms with E-state index < -0.39 is 10.0 Å². The van der Waals surface area contributed by atoms with Gasteiger partial charge in [0.05, 0.1) is 12.2 Å². The summed E-state index contributed by atoms with van der Waals surface area (Å²) in [4.78, 5) is 0.201. The van der Waals surface area contributed by atoms with Gasteiger partial charge in [-0.15, -0.1) is 0 Å². The highest BCUT2D eigenvalue weighted by Crippen LogP contribution is 2.27. The van der Waals surface area contributed by atoms with E-state index in [0.29, 0.717) is 18.6 Å². The highest BCUT2D eigenvalue weighted by atomic mass is 32.2. The van der Waals surface area contributed by atoms with E-state index in [1.807, 2.05) is 16.9 Å². The molecule has 1 fully saturated rings. The van der Waals surface area contributed by atoms with Crippen LogP contribution in [0.5, 0.6) is 0 Å². The van der Waals surface area contributed by atoms with Crippen LogP contribution in [0.4, 0.5) is 0 Å². The molecule has 1 aliphatic heterocycles. The maximum absolute atomic E-state index is 13.0. The molecule has 0 amide bonds. The second-order valence-corrected chi connectivity index (χ2v) is 7.46. The van der Waals surface area contributed by atoms with Gasteiger partial charge in [0.2, 0.25) is 10.0 Å². The van der Waals surface area contributed by atoms with Gasteiger partial charge in [-0.25, -0.2) is 8.42 Å². The molecule has 3 aromatic heterocycles. The number of hydrogen-bond acceptors (Lipinski definition) is 5. The quantitative estimate of drug-likeness (QED) is 0.713. The van der Waals surface area contributed by atoms with Crippen molar-refractivity contribution in [1.82, 2.24) is 28.9 Å². The predicted molar refractivity (Wildman–Crippen MR) is 82.2 cm³/mol. The van der Waals surface area contributed by atoms with Crippen LogP contribution in [0.1, 0.15) is 18.9 Å². The zero-order valence-electron chi connectivity index (χ0n) is 12.4.